The van der Waals surface area contributed by atoms with Crippen molar-refractivity contribution in [3.8, 4) is 0 Å². The lowest BCUT2D eigenvalue weighted by Gasteiger charge is -2.22. The first-order valence-electron chi connectivity index (χ1n) is 8.05. The number of carbonyl (C=O) groups excluding carboxylic acids is 3. The Bertz CT molecular complexity index is 613. The fourth-order valence-electron chi connectivity index (χ4n) is 2.27. The molecule has 25 heavy (non-hydrogen) atoms. The fraction of sp³-hybridized carbons (Fsp3) is 0.471. The SMILES string of the molecule is CC(=O)COCC(=O)Nc1cc(C)cc(C(=O)N(CCN)CCN)c1. The summed E-state index contributed by atoms with van der Waals surface area (Å²) < 4.78 is 4.97. The molecule has 0 unspecified atom stereocenters. The molecule has 0 aliphatic heterocycles. The minimum absolute atomic E-state index is 0.113. The van der Waals surface area contributed by atoms with Gasteiger partial charge in [-0.15, -0.1) is 0 Å². The second-order valence-corrected chi connectivity index (χ2v) is 5.70. The van der Waals surface area contributed by atoms with E-state index in [2.05, 4.69) is 5.32 Å². The number of aryl methyl sites for hydroxylation is 1. The van der Waals surface area contributed by atoms with Crippen molar-refractivity contribution in [1.29, 1.82) is 0 Å². The summed E-state index contributed by atoms with van der Waals surface area (Å²) in [5.41, 5.74) is 12.8. The van der Waals surface area contributed by atoms with Crippen molar-refractivity contribution in [3.05, 3.63) is 29.3 Å². The predicted octanol–water partition coefficient (Wildman–Crippen LogP) is -0.101. The molecule has 0 saturated heterocycles. The number of hydrogen-bond donors (Lipinski definition) is 3. The summed E-state index contributed by atoms with van der Waals surface area (Å²) in [7, 11) is 0. The number of Topliss-reactive ketones (excluding diaryl/α,β-unsaturated/α-hetero) is 1. The number of ketones is 1. The van der Waals surface area contributed by atoms with E-state index in [1.54, 1.807) is 23.1 Å². The van der Waals surface area contributed by atoms with Gasteiger partial charge in [0.15, 0.2) is 5.78 Å². The van der Waals surface area contributed by atoms with Crippen molar-refractivity contribution >= 4 is 23.3 Å². The summed E-state index contributed by atoms with van der Waals surface area (Å²) in [6.45, 7) is 4.36. The second-order valence-electron chi connectivity index (χ2n) is 5.70. The third kappa shape index (κ3) is 7.42. The Hall–Kier alpha value is -2.29. The molecular weight excluding hydrogens is 324 g/mol. The van der Waals surface area contributed by atoms with E-state index in [1.807, 2.05) is 6.92 Å². The molecule has 0 aliphatic carbocycles. The standard InChI is InChI=1S/C17H26N4O4/c1-12-7-14(17(24)21(5-3-18)6-4-19)9-15(8-12)20-16(23)11-25-10-13(2)22/h7-9H,3-6,10-11,18-19H2,1-2H3,(H,20,23). The first-order valence-corrected chi connectivity index (χ1v) is 8.05. The van der Waals surface area contributed by atoms with Crippen LogP contribution in [0.1, 0.15) is 22.8 Å². The summed E-state index contributed by atoms with van der Waals surface area (Å²) in [6, 6.07) is 5.08. The number of nitrogens with two attached hydrogens (primary N) is 2. The average molecular weight is 350 g/mol. The molecule has 138 valence electrons. The fourth-order valence-corrected chi connectivity index (χ4v) is 2.27. The van der Waals surface area contributed by atoms with Crippen LogP contribution in [0, 0.1) is 6.92 Å². The van der Waals surface area contributed by atoms with Crippen LogP contribution in [0.2, 0.25) is 0 Å². The highest BCUT2D eigenvalue weighted by Gasteiger charge is 2.16. The molecular formula is C17H26N4O4. The monoisotopic (exact) mass is 350 g/mol. The van der Waals surface area contributed by atoms with Crippen LogP contribution in [-0.2, 0) is 14.3 Å². The number of benzene rings is 1. The van der Waals surface area contributed by atoms with Crippen LogP contribution in [0.15, 0.2) is 18.2 Å². The van der Waals surface area contributed by atoms with Crippen LogP contribution >= 0.6 is 0 Å². The highest BCUT2D eigenvalue weighted by molar-refractivity contribution is 5.97. The van der Waals surface area contributed by atoms with Gasteiger partial charge in [0.2, 0.25) is 5.91 Å². The van der Waals surface area contributed by atoms with Crippen molar-refractivity contribution in [1.82, 2.24) is 4.90 Å². The zero-order chi connectivity index (χ0) is 18.8. The van der Waals surface area contributed by atoms with Crippen LogP contribution in [0.5, 0.6) is 0 Å². The molecule has 1 rings (SSSR count). The van der Waals surface area contributed by atoms with E-state index in [1.165, 1.54) is 6.92 Å². The molecule has 0 spiro atoms. The summed E-state index contributed by atoms with van der Waals surface area (Å²) in [6.07, 6.45) is 0. The van der Waals surface area contributed by atoms with Crippen molar-refractivity contribution in [2.24, 2.45) is 11.5 Å². The number of hydrogen-bond acceptors (Lipinski definition) is 6. The highest BCUT2D eigenvalue weighted by atomic mass is 16.5. The topological polar surface area (TPSA) is 128 Å². The van der Waals surface area contributed by atoms with Crippen molar-refractivity contribution in [3.63, 3.8) is 0 Å². The molecule has 0 saturated carbocycles. The molecule has 2 amide bonds. The molecule has 0 aromatic heterocycles. The van der Waals surface area contributed by atoms with Crippen molar-refractivity contribution < 1.29 is 19.1 Å². The van der Waals surface area contributed by atoms with Gasteiger partial charge in [0.25, 0.3) is 5.91 Å². The smallest absolute Gasteiger partial charge is 0.254 e. The Morgan fingerprint density at radius 2 is 1.72 bits per heavy atom. The quantitative estimate of drug-likeness (QED) is 0.540. The van der Waals surface area contributed by atoms with Crippen LogP contribution < -0.4 is 16.8 Å². The van der Waals surface area contributed by atoms with E-state index in [4.69, 9.17) is 16.2 Å². The lowest BCUT2D eigenvalue weighted by Crippen LogP contribution is -2.38. The van der Waals surface area contributed by atoms with E-state index in [0.717, 1.165) is 5.56 Å². The van der Waals surface area contributed by atoms with Gasteiger partial charge in [-0.05, 0) is 37.6 Å². The first-order chi connectivity index (χ1) is 11.9. The highest BCUT2D eigenvalue weighted by Crippen LogP contribution is 2.16. The molecule has 8 heteroatoms. The van der Waals surface area contributed by atoms with Crippen molar-refractivity contribution in [2.45, 2.75) is 13.8 Å². The molecule has 8 nitrogen and oxygen atoms in total. The minimum Gasteiger partial charge on any atom is -0.364 e. The van der Waals surface area contributed by atoms with E-state index < -0.39 is 5.91 Å². The van der Waals surface area contributed by atoms with E-state index in [9.17, 15) is 14.4 Å². The van der Waals surface area contributed by atoms with Crippen LogP contribution in [-0.4, -0.2) is 61.9 Å². The molecule has 0 atom stereocenters. The molecule has 0 radical (unpaired) electrons. The molecule has 0 bridgehead atoms. The van der Waals surface area contributed by atoms with Crippen LogP contribution in [0.4, 0.5) is 5.69 Å². The maximum Gasteiger partial charge on any atom is 0.254 e. The molecule has 1 aromatic rings. The Morgan fingerprint density at radius 3 is 2.28 bits per heavy atom. The Kier molecular flexibility index (Phi) is 8.76. The zero-order valence-corrected chi connectivity index (χ0v) is 14.7. The lowest BCUT2D eigenvalue weighted by molar-refractivity contribution is -0.125. The number of ether oxygens (including phenoxy) is 1. The molecule has 0 heterocycles. The third-order valence-corrected chi connectivity index (χ3v) is 3.23. The van der Waals surface area contributed by atoms with Gasteiger partial charge >= 0.3 is 0 Å². The van der Waals surface area contributed by atoms with Crippen LogP contribution in [0.25, 0.3) is 0 Å². The maximum atomic E-state index is 12.6. The van der Waals surface area contributed by atoms with Gasteiger partial charge in [-0.3, -0.25) is 14.4 Å². The minimum atomic E-state index is -0.397. The average Bonchev–Trinajstić information content (AvgIpc) is 2.53. The van der Waals surface area contributed by atoms with E-state index in [0.29, 0.717) is 37.4 Å². The first kappa shape index (κ1) is 20.8. The number of carbonyl (C=O) groups is 3. The summed E-state index contributed by atoms with van der Waals surface area (Å²) in [4.78, 5) is 36.8. The summed E-state index contributed by atoms with van der Waals surface area (Å²) in [5.74, 6) is -0.745. The lowest BCUT2D eigenvalue weighted by atomic mass is 10.1. The van der Waals surface area contributed by atoms with Gasteiger partial charge in [0.05, 0.1) is 0 Å². The molecule has 5 N–H and O–H groups in total. The Morgan fingerprint density at radius 1 is 1.08 bits per heavy atom. The largest absolute Gasteiger partial charge is 0.364 e. The number of nitrogens with one attached hydrogen (secondary N) is 1. The molecule has 0 aliphatic rings. The number of amides is 2. The summed E-state index contributed by atoms with van der Waals surface area (Å²) in [5, 5.41) is 2.66. The molecule has 0 fully saturated rings. The van der Waals surface area contributed by atoms with Gasteiger partial charge in [0.1, 0.15) is 13.2 Å². The Labute approximate surface area is 147 Å². The maximum absolute atomic E-state index is 12.6. The van der Waals surface area contributed by atoms with Crippen LogP contribution in [0.3, 0.4) is 0 Å². The van der Waals surface area contributed by atoms with Gasteiger partial charge in [-0.2, -0.15) is 0 Å². The second kappa shape index (κ2) is 10.5. The van der Waals surface area contributed by atoms with E-state index >= 15 is 0 Å². The van der Waals surface area contributed by atoms with Gasteiger partial charge in [0, 0.05) is 37.4 Å². The van der Waals surface area contributed by atoms with Gasteiger partial charge in [-0.1, -0.05) is 0 Å². The van der Waals surface area contributed by atoms with E-state index in [-0.39, 0.29) is 24.9 Å². The number of rotatable bonds is 10. The number of anilines is 1. The van der Waals surface area contributed by atoms with Gasteiger partial charge < -0.3 is 26.4 Å². The normalized spacial score (nSPS) is 10.4. The van der Waals surface area contributed by atoms with Crippen molar-refractivity contribution in [2.75, 3.05) is 44.7 Å². The number of nitrogens with zero attached hydrogens (tertiary/aromatic N) is 1. The summed E-state index contributed by atoms with van der Waals surface area (Å²) >= 11 is 0. The Balaban J connectivity index is 2.82. The third-order valence-electron chi connectivity index (χ3n) is 3.23. The predicted molar refractivity (Wildman–Crippen MR) is 95.3 cm³/mol. The molecule has 1 aromatic carbocycles. The van der Waals surface area contributed by atoms with Gasteiger partial charge in [-0.25, -0.2) is 0 Å². The zero-order valence-electron chi connectivity index (χ0n) is 14.7.